The summed E-state index contributed by atoms with van der Waals surface area (Å²) in [6.45, 7) is 2.83. The first-order chi connectivity index (χ1) is 8.09. The zero-order chi connectivity index (χ0) is 12.4. The molecule has 1 aromatic rings. The van der Waals surface area contributed by atoms with Crippen molar-refractivity contribution in [3.8, 4) is 0 Å². The molecular formula is C10H11ClFN3O2. The molecule has 1 aliphatic rings. The van der Waals surface area contributed by atoms with Gasteiger partial charge in [0.15, 0.2) is 5.82 Å². The van der Waals surface area contributed by atoms with Gasteiger partial charge in [0.25, 0.3) is 5.69 Å². The van der Waals surface area contributed by atoms with Crippen LogP contribution in [-0.2, 0) is 0 Å². The first-order valence-corrected chi connectivity index (χ1v) is 5.56. The van der Waals surface area contributed by atoms with Gasteiger partial charge >= 0.3 is 0 Å². The molecule has 0 unspecified atom stereocenters. The molecule has 1 heterocycles. The summed E-state index contributed by atoms with van der Waals surface area (Å²) in [7, 11) is 0. The van der Waals surface area contributed by atoms with Crippen LogP contribution in [0.4, 0.5) is 15.8 Å². The van der Waals surface area contributed by atoms with Crippen LogP contribution in [0, 0.1) is 15.9 Å². The van der Waals surface area contributed by atoms with Gasteiger partial charge in [-0.1, -0.05) is 11.6 Å². The van der Waals surface area contributed by atoms with Gasteiger partial charge in [-0.05, 0) is 6.07 Å². The van der Waals surface area contributed by atoms with Crippen molar-refractivity contribution in [1.29, 1.82) is 0 Å². The van der Waals surface area contributed by atoms with Crippen LogP contribution in [0.15, 0.2) is 12.1 Å². The lowest BCUT2D eigenvalue weighted by Crippen LogP contribution is -2.43. The Bertz CT molecular complexity index is 449. The summed E-state index contributed by atoms with van der Waals surface area (Å²) in [6.07, 6.45) is 0. The van der Waals surface area contributed by atoms with Gasteiger partial charge in [0.1, 0.15) is 5.02 Å². The van der Waals surface area contributed by atoms with E-state index in [1.165, 1.54) is 6.07 Å². The Labute approximate surface area is 102 Å². The fourth-order valence-electron chi connectivity index (χ4n) is 1.81. The summed E-state index contributed by atoms with van der Waals surface area (Å²) in [5.74, 6) is -0.608. The van der Waals surface area contributed by atoms with Gasteiger partial charge in [-0.25, -0.2) is 4.39 Å². The van der Waals surface area contributed by atoms with E-state index < -0.39 is 16.4 Å². The maximum Gasteiger partial charge on any atom is 0.290 e. The van der Waals surface area contributed by atoms with E-state index in [9.17, 15) is 14.5 Å². The number of nitrogens with zero attached hydrogens (tertiary/aromatic N) is 2. The zero-order valence-electron chi connectivity index (χ0n) is 8.95. The summed E-state index contributed by atoms with van der Waals surface area (Å²) in [5, 5.41) is 13.7. The highest BCUT2D eigenvalue weighted by Gasteiger charge is 2.21. The highest BCUT2D eigenvalue weighted by Crippen LogP contribution is 2.32. The Morgan fingerprint density at radius 1 is 1.41 bits per heavy atom. The summed E-state index contributed by atoms with van der Waals surface area (Å²) in [5.41, 5.74) is -0.0786. The number of nitro groups is 1. The van der Waals surface area contributed by atoms with Crippen LogP contribution >= 0.6 is 11.6 Å². The van der Waals surface area contributed by atoms with E-state index in [1.807, 2.05) is 4.90 Å². The molecule has 1 aromatic carbocycles. The molecule has 1 saturated heterocycles. The third-order valence-electron chi connectivity index (χ3n) is 2.67. The van der Waals surface area contributed by atoms with Crippen LogP contribution in [0.3, 0.4) is 0 Å². The lowest BCUT2D eigenvalue weighted by atomic mass is 10.2. The molecule has 0 atom stereocenters. The Hall–Kier alpha value is -1.40. The van der Waals surface area contributed by atoms with Crippen molar-refractivity contribution in [2.75, 3.05) is 31.1 Å². The molecule has 0 saturated carbocycles. The standard InChI is InChI=1S/C10H11ClFN3O2/c11-7-5-10(14-3-1-13-2-4-14)8(12)6-9(7)15(16)17/h5-6,13H,1-4H2. The van der Waals surface area contributed by atoms with Crippen LogP contribution in [0.25, 0.3) is 0 Å². The summed E-state index contributed by atoms with van der Waals surface area (Å²) in [6, 6.07) is 2.19. The number of anilines is 1. The van der Waals surface area contributed by atoms with Crippen molar-refractivity contribution < 1.29 is 9.31 Å². The second-order valence-corrected chi connectivity index (χ2v) is 4.16. The van der Waals surface area contributed by atoms with Crippen molar-refractivity contribution in [3.05, 3.63) is 33.1 Å². The van der Waals surface area contributed by atoms with Gasteiger partial charge < -0.3 is 10.2 Å². The normalized spacial score (nSPS) is 16.0. The van der Waals surface area contributed by atoms with Gasteiger partial charge in [0.05, 0.1) is 16.7 Å². The second kappa shape index (κ2) is 4.85. The second-order valence-electron chi connectivity index (χ2n) is 3.75. The molecule has 0 bridgehead atoms. The molecule has 2 rings (SSSR count). The third-order valence-corrected chi connectivity index (χ3v) is 2.97. The minimum absolute atomic E-state index is 0.0371. The fourth-order valence-corrected chi connectivity index (χ4v) is 2.04. The Morgan fingerprint density at radius 2 is 2.06 bits per heavy atom. The van der Waals surface area contributed by atoms with E-state index in [-0.39, 0.29) is 5.02 Å². The van der Waals surface area contributed by atoms with Crippen molar-refractivity contribution >= 4 is 23.0 Å². The van der Waals surface area contributed by atoms with Gasteiger partial charge in [-0.15, -0.1) is 0 Å². The Kier molecular flexibility index (Phi) is 3.44. The van der Waals surface area contributed by atoms with E-state index in [0.717, 1.165) is 19.2 Å². The van der Waals surface area contributed by atoms with E-state index in [1.54, 1.807) is 0 Å². The fraction of sp³-hybridized carbons (Fsp3) is 0.400. The molecule has 7 heteroatoms. The third kappa shape index (κ3) is 2.48. The molecular weight excluding hydrogens is 249 g/mol. The predicted octanol–water partition coefficient (Wildman–Crippen LogP) is 1.80. The number of benzene rings is 1. The molecule has 5 nitrogen and oxygen atoms in total. The minimum Gasteiger partial charge on any atom is -0.367 e. The number of hydrogen-bond acceptors (Lipinski definition) is 4. The minimum atomic E-state index is -0.688. The maximum atomic E-state index is 13.7. The van der Waals surface area contributed by atoms with Crippen molar-refractivity contribution in [1.82, 2.24) is 5.32 Å². The lowest BCUT2D eigenvalue weighted by Gasteiger charge is -2.29. The van der Waals surface area contributed by atoms with Crippen molar-refractivity contribution in [3.63, 3.8) is 0 Å². The van der Waals surface area contributed by atoms with Crippen LogP contribution in [0.2, 0.25) is 5.02 Å². The average molecular weight is 260 g/mol. The summed E-state index contributed by atoms with van der Waals surface area (Å²) in [4.78, 5) is 11.7. The van der Waals surface area contributed by atoms with Crippen molar-refractivity contribution in [2.24, 2.45) is 0 Å². The molecule has 92 valence electrons. The number of rotatable bonds is 2. The van der Waals surface area contributed by atoms with Gasteiger partial charge in [0.2, 0.25) is 0 Å². The number of hydrogen-bond donors (Lipinski definition) is 1. The maximum absolute atomic E-state index is 13.7. The molecule has 1 N–H and O–H groups in total. The van der Waals surface area contributed by atoms with Gasteiger partial charge in [0, 0.05) is 26.2 Å². The Balaban J connectivity index is 2.35. The molecule has 17 heavy (non-hydrogen) atoms. The number of piperazine rings is 1. The molecule has 0 aliphatic carbocycles. The zero-order valence-corrected chi connectivity index (χ0v) is 9.71. The van der Waals surface area contributed by atoms with Gasteiger partial charge in [-0.2, -0.15) is 0 Å². The average Bonchev–Trinajstić information content (AvgIpc) is 2.32. The van der Waals surface area contributed by atoms with E-state index in [4.69, 9.17) is 11.6 Å². The lowest BCUT2D eigenvalue weighted by molar-refractivity contribution is -0.384. The van der Waals surface area contributed by atoms with Gasteiger partial charge in [-0.3, -0.25) is 10.1 Å². The molecule has 1 fully saturated rings. The number of halogens is 2. The molecule has 0 spiro atoms. The highest BCUT2D eigenvalue weighted by atomic mass is 35.5. The van der Waals surface area contributed by atoms with Crippen LogP contribution in [0.1, 0.15) is 0 Å². The van der Waals surface area contributed by atoms with E-state index in [2.05, 4.69) is 5.32 Å². The molecule has 0 aromatic heterocycles. The van der Waals surface area contributed by atoms with E-state index >= 15 is 0 Å². The number of nitrogens with one attached hydrogen (secondary N) is 1. The monoisotopic (exact) mass is 259 g/mol. The molecule has 0 radical (unpaired) electrons. The van der Waals surface area contributed by atoms with Crippen LogP contribution in [0.5, 0.6) is 0 Å². The van der Waals surface area contributed by atoms with E-state index in [0.29, 0.717) is 18.8 Å². The highest BCUT2D eigenvalue weighted by molar-refractivity contribution is 6.32. The topological polar surface area (TPSA) is 58.4 Å². The number of nitro benzene ring substituents is 1. The smallest absolute Gasteiger partial charge is 0.290 e. The largest absolute Gasteiger partial charge is 0.367 e. The molecule has 0 amide bonds. The summed E-state index contributed by atoms with van der Waals surface area (Å²) >= 11 is 5.76. The molecule has 1 aliphatic heterocycles. The van der Waals surface area contributed by atoms with Crippen LogP contribution in [-0.4, -0.2) is 31.1 Å². The quantitative estimate of drug-likeness (QED) is 0.650. The van der Waals surface area contributed by atoms with Crippen molar-refractivity contribution in [2.45, 2.75) is 0 Å². The predicted molar refractivity (Wildman–Crippen MR) is 63.1 cm³/mol. The Morgan fingerprint density at radius 3 is 2.65 bits per heavy atom. The first kappa shape index (κ1) is 12.1. The first-order valence-electron chi connectivity index (χ1n) is 5.18. The SMILES string of the molecule is O=[N+]([O-])c1cc(F)c(N2CCNCC2)cc1Cl. The summed E-state index contributed by atoms with van der Waals surface area (Å²) < 4.78 is 13.7. The van der Waals surface area contributed by atoms with Crippen LogP contribution < -0.4 is 10.2 Å².